The van der Waals surface area contributed by atoms with Crippen LogP contribution in [0.3, 0.4) is 0 Å². The van der Waals surface area contributed by atoms with E-state index >= 15 is 0 Å². The summed E-state index contributed by atoms with van der Waals surface area (Å²) in [4.78, 5) is 15.9. The summed E-state index contributed by atoms with van der Waals surface area (Å²) in [6.45, 7) is 2.67. The molecule has 0 aliphatic carbocycles. The molecule has 0 radical (unpaired) electrons. The third-order valence-electron chi connectivity index (χ3n) is 3.27. The van der Waals surface area contributed by atoms with E-state index in [9.17, 15) is 4.79 Å². The van der Waals surface area contributed by atoms with Gasteiger partial charge in [-0.25, -0.2) is 0 Å². The quantitative estimate of drug-likeness (QED) is 0.637. The van der Waals surface area contributed by atoms with E-state index in [2.05, 4.69) is 17.0 Å². The molecule has 0 aliphatic heterocycles. The van der Waals surface area contributed by atoms with Gasteiger partial charge in [0, 0.05) is 20.0 Å². The van der Waals surface area contributed by atoms with Crippen molar-refractivity contribution in [2.75, 3.05) is 23.9 Å². The average molecular weight is 320 g/mol. The van der Waals surface area contributed by atoms with Crippen molar-refractivity contribution in [2.24, 2.45) is 0 Å². The number of rotatable bonds is 6. The van der Waals surface area contributed by atoms with E-state index in [0.29, 0.717) is 17.0 Å². The number of nitrogens with zero attached hydrogens (tertiary/aromatic N) is 1. The number of anilines is 2. The fraction of sp³-hybridized carbons (Fsp3) is 0.312. The second-order valence-corrected chi connectivity index (χ2v) is 6.62. The molecule has 0 bridgehead atoms. The third-order valence-corrected chi connectivity index (χ3v) is 5.58. The number of Topliss-reactive ketones (excluding diaryl/α,β-unsaturated/α-hetero) is 1. The molecule has 0 unspecified atom stereocenters. The van der Waals surface area contributed by atoms with Crippen molar-refractivity contribution in [1.29, 1.82) is 0 Å². The lowest BCUT2D eigenvalue weighted by Crippen LogP contribution is -2.15. The molecule has 0 saturated carbocycles. The van der Waals surface area contributed by atoms with Crippen LogP contribution in [-0.2, 0) is 6.54 Å². The standard InChI is InChI=1S/C16H20N2OS2/c1-4-12(19)14-13(17)15(20-3)16(21-14)18(2)10-11-8-6-5-7-9-11/h5-9H,4,10,17H2,1-3H3. The molecule has 0 fully saturated rings. The monoisotopic (exact) mass is 320 g/mol. The topological polar surface area (TPSA) is 46.3 Å². The number of hydrogen-bond donors (Lipinski definition) is 1. The molecule has 0 atom stereocenters. The lowest BCUT2D eigenvalue weighted by molar-refractivity contribution is 0.0992. The van der Waals surface area contributed by atoms with Gasteiger partial charge in [0.2, 0.25) is 0 Å². The van der Waals surface area contributed by atoms with Crippen molar-refractivity contribution in [3.8, 4) is 0 Å². The summed E-state index contributed by atoms with van der Waals surface area (Å²) >= 11 is 3.10. The highest BCUT2D eigenvalue weighted by Gasteiger charge is 2.21. The summed E-state index contributed by atoms with van der Waals surface area (Å²) in [7, 11) is 2.04. The Hall–Kier alpha value is -1.46. The van der Waals surface area contributed by atoms with Crippen LogP contribution >= 0.6 is 23.1 Å². The molecule has 21 heavy (non-hydrogen) atoms. The van der Waals surface area contributed by atoms with E-state index in [1.54, 1.807) is 11.8 Å². The fourth-order valence-electron chi connectivity index (χ4n) is 2.16. The van der Waals surface area contributed by atoms with Crippen molar-refractivity contribution in [3.05, 3.63) is 40.8 Å². The molecule has 0 saturated heterocycles. The Bertz CT molecular complexity index is 623. The minimum atomic E-state index is 0.118. The number of carbonyl (C=O) groups excluding carboxylic acids is 1. The Morgan fingerprint density at radius 1 is 1.33 bits per heavy atom. The zero-order chi connectivity index (χ0) is 15.4. The van der Waals surface area contributed by atoms with Crippen LogP contribution in [0.1, 0.15) is 28.6 Å². The minimum absolute atomic E-state index is 0.118. The van der Waals surface area contributed by atoms with Crippen LogP contribution in [-0.4, -0.2) is 19.1 Å². The van der Waals surface area contributed by atoms with E-state index in [0.717, 1.165) is 16.4 Å². The van der Waals surface area contributed by atoms with Gasteiger partial charge in [0.1, 0.15) is 5.00 Å². The maximum atomic E-state index is 12.0. The summed E-state index contributed by atoms with van der Waals surface area (Å²) in [5.41, 5.74) is 8.04. The SMILES string of the molecule is CCC(=O)c1sc(N(C)Cc2ccccc2)c(SC)c1N. The highest BCUT2D eigenvalue weighted by Crippen LogP contribution is 2.44. The lowest BCUT2D eigenvalue weighted by Gasteiger charge is -2.18. The van der Waals surface area contributed by atoms with Gasteiger partial charge in [-0.3, -0.25) is 4.79 Å². The van der Waals surface area contributed by atoms with Gasteiger partial charge in [0.05, 0.1) is 15.5 Å². The molecule has 1 aromatic heterocycles. The molecule has 2 aromatic rings. The maximum absolute atomic E-state index is 12.0. The number of thioether (sulfide) groups is 1. The molecule has 2 rings (SSSR count). The number of thiophene rings is 1. The van der Waals surface area contributed by atoms with Crippen LogP contribution in [0.15, 0.2) is 35.2 Å². The summed E-state index contributed by atoms with van der Waals surface area (Å²) in [5.74, 6) is 0.118. The normalized spacial score (nSPS) is 10.6. The largest absolute Gasteiger partial charge is 0.396 e. The first-order valence-electron chi connectivity index (χ1n) is 6.83. The molecule has 0 aliphatic rings. The summed E-state index contributed by atoms with van der Waals surface area (Å²) in [6.07, 6.45) is 2.48. The van der Waals surface area contributed by atoms with Crippen LogP contribution in [0.5, 0.6) is 0 Å². The first kappa shape index (κ1) is 15.9. The maximum Gasteiger partial charge on any atom is 0.174 e. The van der Waals surface area contributed by atoms with Crippen molar-refractivity contribution in [3.63, 3.8) is 0 Å². The zero-order valence-corrected chi connectivity index (χ0v) is 14.2. The molecule has 3 nitrogen and oxygen atoms in total. The number of ketones is 1. The Kier molecular flexibility index (Phi) is 5.31. The number of carbonyl (C=O) groups is 1. The molecule has 112 valence electrons. The van der Waals surface area contributed by atoms with Gasteiger partial charge in [0.15, 0.2) is 5.78 Å². The minimum Gasteiger partial charge on any atom is -0.396 e. The molecule has 1 heterocycles. The van der Waals surface area contributed by atoms with Crippen LogP contribution < -0.4 is 10.6 Å². The summed E-state index contributed by atoms with van der Waals surface area (Å²) < 4.78 is 0. The highest BCUT2D eigenvalue weighted by molar-refractivity contribution is 7.99. The Balaban J connectivity index is 2.32. The first-order valence-corrected chi connectivity index (χ1v) is 8.87. The molecular formula is C16H20N2OS2. The lowest BCUT2D eigenvalue weighted by atomic mass is 10.2. The van der Waals surface area contributed by atoms with Gasteiger partial charge in [-0.15, -0.1) is 23.1 Å². The third kappa shape index (κ3) is 3.41. The zero-order valence-electron chi connectivity index (χ0n) is 12.6. The number of benzene rings is 1. The fourth-order valence-corrected chi connectivity index (χ4v) is 4.34. The average Bonchev–Trinajstić information content (AvgIpc) is 2.84. The number of nitrogens with two attached hydrogens (primary N) is 1. The number of hydrogen-bond acceptors (Lipinski definition) is 5. The van der Waals surface area contributed by atoms with Crippen LogP contribution in [0, 0.1) is 0 Å². The van der Waals surface area contributed by atoms with Gasteiger partial charge in [0.25, 0.3) is 0 Å². The Morgan fingerprint density at radius 2 is 2.00 bits per heavy atom. The van der Waals surface area contributed by atoms with Gasteiger partial charge in [-0.2, -0.15) is 0 Å². The number of nitrogen functional groups attached to an aromatic ring is 1. The molecule has 5 heteroatoms. The molecule has 0 amide bonds. The Labute approximate surface area is 134 Å². The predicted molar refractivity (Wildman–Crippen MR) is 93.7 cm³/mol. The van der Waals surface area contributed by atoms with E-state index in [1.165, 1.54) is 16.9 Å². The van der Waals surface area contributed by atoms with Gasteiger partial charge < -0.3 is 10.6 Å². The second kappa shape index (κ2) is 7.00. The smallest absolute Gasteiger partial charge is 0.174 e. The summed E-state index contributed by atoms with van der Waals surface area (Å²) in [6, 6.07) is 10.3. The van der Waals surface area contributed by atoms with Crippen molar-refractivity contribution < 1.29 is 4.79 Å². The second-order valence-electron chi connectivity index (χ2n) is 4.80. The first-order chi connectivity index (χ1) is 10.1. The predicted octanol–water partition coefficient (Wildman–Crippen LogP) is 4.28. The molecule has 0 spiro atoms. The van der Waals surface area contributed by atoms with Crippen LogP contribution in [0.2, 0.25) is 0 Å². The van der Waals surface area contributed by atoms with Crippen LogP contribution in [0.25, 0.3) is 0 Å². The van der Waals surface area contributed by atoms with E-state index in [4.69, 9.17) is 5.73 Å². The van der Waals surface area contributed by atoms with Gasteiger partial charge in [-0.1, -0.05) is 37.3 Å². The van der Waals surface area contributed by atoms with Crippen LogP contribution in [0.4, 0.5) is 10.7 Å². The molecular weight excluding hydrogens is 300 g/mol. The van der Waals surface area contributed by atoms with Gasteiger partial charge >= 0.3 is 0 Å². The van der Waals surface area contributed by atoms with Crippen molar-refractivity contribution in [2.45, 2.75) is 24.8 Å². The summed E-state index contributed by atoms with van der Waals surface area (Å²) in [5, 5.41) is 1.07. The van der Waals surface area contributed by atoms with E-state index < -0.39 is 0 Å². The van der Waals surface area contributed by atoms with E-state index in [-0.39, 0.29) is 5.78 Å². The van der Waals surface area contributed by atoms with Crippen molar-refractivity contribution in [1.82, 2.24) is 0 Å². The van der Waals surface area contributed by atoms with Gasteiger partial charge in [-0.05, 0) is 11.8 Å². The van der Waals surface area contributed by atoms with E-state index in [1.807, 2.05) is 38.4 Å². The molecule has 1 aromatic carbocycles. The van der Waals surface area contributed by atoms with Crippen molar-refractivity contribution >= 4 is 39.6 Å². The Morgan fingerprint density at radius 3 is 2.57 bits per heavy atom. The molecule has 2 N–H and O–H groups in total. The highest BCUT2D eigenvalue weighted by atomic mass is 32.2.